The first-order chi connectivity index (χ1) is 15.9. The maximum atomic E-state index is 14.5. The number of rotatable bonds is 3. The quantitative estimate of drug-likeness (QED) is 0.438. The van der Waals surface area contributed by atoms with Crippen LogP contribution in [0, 0.1) is 12.7 Å². The molecule has 0 spiro atoms. The van der Waals surface area contributed by atoms with Crippen LogP contribution >= 0.6 is 23.2 Å². The molecule has 168 valence electrons. The number of aromatic nitrogens is 5. The Kier molecular flexibility index (Phi) is 5.38. The van der Waals surface area contributed by atoms with E-state index in [0.717, 1.165) is 0 Å². The maximum absolute atomic E-state index is 14.5. The topological polar surface area (TPSA) is 90.9 Å². The van der Waals surface area contributed by atoms with E-state index in [1.165, 1.54) is 12.1 Å². The lowest BCUT2D eigenvalue weighted by molar-refractivity contribution is -0.126. The highest BCUT2D eigenvalue weighted by atomic mass is 35.5. The molecule has 0 bridgehead atoms. The molecule has 0 radical (unpaired) electrons. The Morgan fingerprint density at radius 1 is 1.15 bits per heavy atom. The van der Waals surface area contributed by atoms with Crippen molar-refractivity contribution in [3.8, 4) is 11.3 Å². The van der Waals surface area contributed by atoms with Crippen molar-refractivity contribution >= 4 is 56.9 Å². The van der Waals surface area contributed by atoms with E-state index in [-0.39, 0.29) is 16.0 Å². The smallest absolute Gasteiger partial charge is 0.246 e. The van der Waals surface area contributed by atoms with Crippen LogP contribution in [0.5, 0.6) is 0 Å². The van der Waals surface area contributed by atoms with Gasteiger partial charge < -0.3 is 9.80 Å². The van der Waals surface area contributed by atoms with Crippen molar-refractivity contribution in [1.82, 2.24) is 30.0 Å². The third kappa shape index (κ3) is 3.67. The first-order valence-corrected chi connectivity index (χ1v) is 11.0. The highest BCUT2D eigenvalue weighted by Gasteiger charge is 2.25. The molecule has 5 rings (SSSR count). The standard InChI is InChI=1S/C22H18Cl2FN7O/c1-3-17(33)31-4-6-32(7-5-31)22-12-8-14(23)20(29-21(12)27-11(2)28-22)18-13-10-26-30-16(13)9-15(25)19(18)24/h3,8-10H,1,4-7H2,2H3,(H,26,30). The molecule has 1 aliphatic rings. The molecule has 0 atom stereocenters. The van der Waals surface area contributed by atoms with Gasteiger partial charge in [0, 0.05) is 43.2 Å². The highest BCUT2D eigenvalue weighted by molar-refractivity contribution is 6.38. The summed E-state index contributed by atoms with van der Waals surface area (Å²) in [4.78, 5) is 29.5. The van der Waals surface area contributed by atoms with Gasteiger partial charge in [-0.3, -0.25) is 9.89 Å². The Labute approximate surface area is 198 Å². The summed E-state index contributed by atoms with van der Waals surface area (Å²) in [5.41, 5.74) is 1.56. The Morgan fingerprint density at radius 3 is 2.64 bits per heavy atom. The van der Waals surface area contributed by atoms with Crippen LogP contribution in [0.25, 0.3) is 33.2 Å². The molecule has 11 heteroatoms. The number of carbonyl (C=O) groups excluding carboxylic acids is 1. The van der Waals surface area contributed by atoms with Gasteiger partial charge in [-0.15, -0.1) is 0 Å². The molecule has 8 nitrogen and oxygen atoms in total. The van der Waals surface area contributed by atoms with Crippen LogP contribution in [0.3, 0.4) is 0 Å². The average Bonchev–Trinajstić information content (AvgIpc) is 3.27. The molecule has 0 saturated carbocycles. The van der Waals surface area contributed by atoms with Crippen molar-refractivity contribution in [3.05, 3.63) is 52.7 Å². The van der Waals surface area contributed by atoms with Crippen LogP contribution < -0.4 is 4.90 Å². The monoisotopic (exact) mass is 485 g/mol. The van der Waals surface area contributed by atoms with Gasteiger partial charge in [0.15, 0.2) is 5.65 Å². The second-order valence-electron chi connectivity index (χ2n) is 7.68. The molecule has 0 aliphatic carbocycles. The SMILES string of the molecule is C=CC(=O)N1CCN(c2nc(C)nc3nc(-c4c(Cl)c(F)cc5[nH]ncc45)c(Cl)cc23)CC1. The lowest BCUT2D eigenvalue weighted by Crippen LogP contribution is -2.48. The van der Waals surface area contributed by atoms with Crippen LogP contribution in [-0.2, 0) is 4.79 Å². The number of aryl methyl sites for hydroxylation is 1. The summed E-state index contributed by atoms with van der Waals surface area (Å²) in [6.45, 7) is 7.61. The van der Waals surface area contributed by atoms with Crippen molar-refractivity contribution in [3.63, 3.8) is 0 Å². The molecule has 3 aromatic heterocycles. The van der Waals surface area contributed by atoms with Crippen molar-refractivity contribution in [2.24, 2.45) is 0 Å². The molecule has 33 heavy (non-hydrogen) atoms. The Balaban J connectivity index is 1.62. The van der Waals surface area contributed by atoms with Gasteiger partial charge >= 0.3 is 0 Å². The number of pyridine rings is 1. The van der Waals surface area contributed by atoms with Crippen LogP contribution in [-0.4, -0.2) is 62.1 Å². The number of anilines is 1. The molecule has 1 fully saturated rings. The minimum atomic E-state index is -0.604. The molecule has 4 aromatic rings. The van der Waals surface area contributed by atoms with Gasteiger partial charge in [-0.1, -0.05) is 29.8 Å². The van der Waals surface area contributed by atoms with Gasteiger partial charge in [-0.25, -0.2) is 19.3 Å². The molecule has 1 aliphatic heterocycles. The number of nitrogens with zero attached hydrogens (tertiary/aromatic N) is 6. The summed E-state index contributed by atoms with van der Waals surface area (Å²) in [5, 5.41) is 8.19. The largest absolute Gasteiger partial charge is 0.352 e. The van der Waals surface area contributed by atoms with Crippen molar-refractivity contribution in [2.45, 2.75) is 6.92 Å². The predicted molar refractivity (Wildman–Crippen MR) is 126 cm³/mol. The number of carbonyl (C=O) groups is 1. The van der Waals surface area contributed by atoms with Gasteiger partial charge in [-0.05, 0) is 19.1 Å². The fraction of sp³-hybridized carbons (Fsp3) is 0.227. The van der Waals surface area contributed by atoms with Gasteiger partial charge in [-0.2, -0.15) is 5.10 Å². The number of piperazine rings is 1. The number of aromatic amines is 1. The number of halogens is 3. The zero-order chi connectivity index (χ0) is 23.3. The number of nitrogens with one attached hydrogen (secondary N) is 1. The van der Waals surface area contributed by atoms with Crippen LogP contribution in [0.15, 0.2) is 31.0 Å². The molecule has 1 aromatic carbocycles. The number of hydrogen-bond donors (Lipinski definition) is 1. The van der Waals surface area contributed by atoms with Gasteiger partial charge in [0.2, 0.25) is 5.91 Å². The highest BCUT2D eigenvalue weighted by Crippen LogP contribution is 2.40. The Morgan fingerprint density at radius 2 is 1.91 bits per heavy atom. The predicted octanol–water partition coefficient (Wildman–Crippen LogP) is 4.16. The van der Waals surface area contributed by atoms with E-state index in [1.54, 1.807) is 24.1 Å². The molecule has 1 N–H and O–H groups in total. The Hall–Kier alpha value is -3.30. The van der Waals surface area contributed by atoms with Crippen LogP contribution in [0.4, 0.5) is 10.2 Å². The van der Waals surface area contributed by atoms with E-state index in [0.29, 0.717) is 71.0 Å². The zero-order valence-electron chi connectivity index (χ0n) is 17.6. The van der Waals surface area contributed by atoms with Crippen molar-refractivity contribution in [1.29, 1.82) is 0 Å². The lowest BCUT2D eigenvalue weighted by atomic mass is 10.1. The van der Waals surface area contributed by atoms with Crippen molar-refractivity contribution < 1.29 is 9.18 Å². The summed E-state index contributed by atoms with van der Waals surface area (Å²) in [6.07, 6.45) is 2.87. The fourth-order valence-electron chi connectivity index (χ4n) is 4.07. The third-order valence-corrected chi connectivity index (χ3v) is 6.33. The van der Waals surface area contributed by atoms with Gasteiger partial charge in [0.05, 0.1) is 32.8 Å². The van der Waals surface area contributed by atoms with E-state index < -0.39 is 5.82 Å². The van der Waals surface area contributed by atoms with Crippen LogP contribution in [0.1, 0.15) is 5.82 Å². The molecular weight excluding hydrogens is 468 g/mol. The number of hydrogen-bond acceptors (Lipinski definition) is 6. The lowest BCUT2D eigenvalue weighted by Gasteiger charge is -2.35. The first kappa shape index (κ1) is 21.5. The summed E-state index contributed by atoms with van der Waals surface area (Å²) >= 11 is 13.0. The summed E-state index contributed by atoms with van der Waals surface area (Å²) in [7, 11) is 0. The fourth-order valence-corrected chi connectivity index (χ4v) is 4.56. The van der Waals surface area contributed by atoms with E-state index in [2.05, 4.69) is 36.6 Å². The molecule has 4 heterocycles. The molecule has 1 amide bonds. The second kappa shape index (κ2) is 8.24. The van der Waals surface area contributed by atoms with Gasteiger partial charge in [0.25, 0.3) is 0 Å². The first-order valence-electron chi connectivity index (χ1n) is 10.2. The minimum Gasteiger partial charge on any atom is -0.352 e. The van der Waals surface area contributed by atoms with Crippen LogP contribution in [0.2, 0.25) is 10.0 Å². The third-order valence-electron chi connectivity index (χ3n) is 5.67. The van der Waals surface area contributed by atoms with E-state index in [9.17, 15) is 9.18 Å². The number of amides is 1. The number of H-pyrrole nitrogens is 1. The minimum absolute atomic E-state index is 0.0911. The Bertz CT molecular complexity index is 1430. The van der Waals surface area contributed by atoms with E-state index in [1.807, 2.05) is 0 Å². The molecule has 0 unspecified atom stereocenters. The summed E-state index contributed by atoms with van der Waals surface area (Å²) in [5.74, 6) is 0.516. The number of fused-ring (bicyclic) bond motifs is 2. The maximum Gasteiger partial charge on any atom is 0.246 e. The van der Waals surface area contributed by atoms with E-state index in [4.69, 9.17) is 23.2 Å². The zero-order valence-corrected chi connectivity index (χ0v) is 19.1. The van der Waals surface area contributed by atoms with Gasteiger partial charge in [0.1, 0.15) is 17.5 Å². The molecule has 1 saturated heterocycles. The second-order valence-corrected chi connectivity index (χ2v) is 8.46. The van der Waals surface area contributed by atoms with E-state index >= 15 is 0 Å². The molecular formula is C22H18Cl2FN7O. The summed E-state index contributed by atoms with van der Waals surface area (Å²) < 4.78 is 14.5. The number of benzene rings is 1. The normalized spacial score (nSPS) is 14.3. The van der Waals surface area contributed by atoms with Crippen molar-refractivity contribution in [2.75, 3.05) is 31.1 Å². The average molecular weight is 486 g/mol. The summed E-state index contributed by atoms with van der Waals surface area (Å²) in [6, 6.07) is 3.01.